The van der Waals surface area contributed by atoms with Gasteiger partial charge in [0.15, 0.2) is 0 Å². The second-order valence-corrected chi connectivity index (χ2v) is 8.27. The van der Waals surface area contributed by atoms with E-state index in [2.05, 4.69) is 9.98 Å². The molecular formula is C26H26F3N5O3. The molecule has 1 aromatic carbocycles. The Bertz CT molecular complexity index is 1620. The number of hydrogen-bond donors (Lipinski definition) is 2. The van der Waals surface area contributed by atoms with Gasteiger partial charge >= 0.3 is 6.30 Å². The number of halogens is 3. The molecule has 0 aliphatic heterocycles. The highest BCUT2D eigenvalue weighted by molar-refractivity contribution is 6.11. The number of nitrogens with zero attached hydrogens (tertiary/aromatic N) is 3. The van der Waals surface area contributed by atoms with Gasteiger partial charge in [0.2, 0.25) is 0 Å². The van der Waals surface area contributed by atoms with E-state index in [1.54, 1.807) is 31.1 Å². The van der Waals surface area contributed by atoms with Crippen LogP contribution in [0.25, 0.3) is 38.7 Å². The van der Waals surface area contributed by atoms with Crippen LogP contribution in [0.5, 0.6) is 0 Å². The molecule has 3 aromatic heterocycles. The number of fused-ring (bicyclic) bond motifs is 1. The summed E-state index contributed by atoms with van der Waals surface area (Å²) in [6.45, 7) is 0.683. The van der Waals surface area contributed by atoms with Crippen LogP contribution in [-0.4, -0.2) is 40.3 Å². The molecule has 11 heteroatoms. The quantitative estimate of drug-likeness (QED) is 0.286. The van der Waals surface area contributed by atoms with Crippen LogP contribution >= 0.6 is 0 Å². The van der Waals surface area contributed by atoms with Gasteiger partial charge in [-0.1, -0.05) is 30.3 Å². The van der Waals surface area contributed by atoms with Gasteiger partial charge in [-0.2, -0.15) is 4.99 Å². The average Bonchev–Trinajstić information content (AvgIpc) is 3.31. The van der Waals surface area contributed by atoms with E-state index in [4.69, 9.17) is 10.5 Å². The van der Waals surface area contributed by atoms with Gasteiger partial charge in [-0.15, -0.1) is 13.2 Å². The Morgan fingerprint density at radius 1 is 1.14 bits per heavy atom. The highest BCUT2D eigenvalue weighted by Gasteiger charge is 2.25. The van der Waals surface area contributed by atoms with Crippen molar-refractivity contribution >= 4 is 22.7 Å². The van der Waals surface area contributed by atoms with Crippen molar-refractivity contribution in [3.05, 3.63) is 87.5 Å². The third-order valence-electron chi connectivity index (χ3n) is 5.84. The van der Waals surface area contributed by atoms with Crippen LogP contribution in [0, 0.1) is 0 Å². The van der Waals surface area contributed by atoms with Gasteiger partial charge in [0.25, 0.3) is 11.1 Å². The lowest BCUT2D eigenvalue weighted by Gasteiger charge is -2.15. The third kappa shape index (κ3) is 5.41. The Labute approximate surface area is 210 Å². The fraction of sp³-hybridized carbons (Fsp3) is 0.192. The number of ether oxygens (including phenoxy) is 1. The largest absolute Gasteiger partial charge is 0.503 e. The minimum absolute atomic E-state index is 0. The van der Waals surface area contributed by atoms with Crippen LogP contribution in [0.2, 0.25) is 0 Å². The highest BCUT2D eigenvalue weighted by atomic mass is 19.4. The first-order chi connectivity index (χ1) is 17.6. The minimum Gasteiger partial charge on any atom is -0.404 e. The molecule has 3 heterocycles. The summed E-state index contributed by atoms with van der Waals surface area (Å²) in [5, 5.41) is 0.420. The van der Waals surface area contributed by atoms with Crippen molar-refractivity contribution in [2.75, 3.05) is 13.7 Å². The van der Waals surface area contributed by atoms with E-state index in [-0.39, 0.29) is 23.8 Å². The number of methoxy groups -OCH3 is 1. The predicted octanol–water partition coefficient (Wildman–Crippen LogP) is 4.14. The maximum Gasteiger partial charge on any atom is 0.503 e. The minimum atomic E-state index is -4.78. The Balaban J connectivity index is 0.00000400. The first-order valence-electron chi connectivity index (χ1n) is 11.2. The lowest BCUT2D eigenvalue weighted by Crippen LogP contribution is -2.22. The molecule has 0 unspecified atom stereocenters. The number of benzene rings is 1. The number of nitrogens with one attached hydrogen (secondary N) is 1. The van der Waals surface area contributed by atoms with Crippen LogP contribution in [-0.2, 0) is 18.3 Å². The molecule has 0 fully saturated rings. The Morgan fingerprint density at radius 2 is 1.86 bits per heavy atom. The Morgan fingerprint density at radius 3 is 2.51 bits per heavy atom. The topological polar surface area (TPSA) is 107 Å². The Kier molecular flexibility index (Phi) is 7.16. The SMILES string of the molecule is COCCn1cc(-c2ccccc2)c(-c2cn(C)c(=O)c3[nH]c(C(=C/N)/C=N/C(F)(F)F)cc23)cc1=O.[HH]. The molecule has 0 aliphatic rings. The standard InChI is InChI=1S/C26H24F3N5O3.H2/c1-33-14-21(19-10-22(32-24(19)25(33)36)17(12-30)13-31-26(27,28)29)18-11-23(35)34(8-9-37-2)15-20(18)16-6-4-3-5-7-16;/h3-7,10-15,32H,8-9,30H2,1-2H3;1H/b17-12+,31-13+;. The zero-order valence-electron chi connectivity index (χ0n) is 20.0. The Hall–Kier alpha value is -4.38. The van der Waals surface area contributed by atoms with E-state index in [0.29, 0.717) is 35.9 Å². The van der Waals surface area contributed by atoms with Gasteiger partial charge in [-0.3, -0.25) is 9.59 Å². The van der Waals surface area contributed by atoms with Crippen LogP contribution in [0.15, 0.2) is 75.6 Å². The van der Waals surface area contributed by atoms with Crippen molar-refractivity contribution in [1.29, 1.82) is 0 Å². The number of H-pyrrole nitrogens is 1. The second kappa shape index (κ2) is 10.3. The lowest BCUT2D eigenvalue weighted by atomic mass is 9.95. The molecule has 3 N–H and O–H groups in total. The maximum atomic E-state index is 13.0. The first kappa shape index (κ1) is 25.7. The number of aliphatic imine (C=N–C) groups is 1. The van der Waals surface area contributed by atoms with E-state index in [9.17, 15) is 22.8 Å². The number of allylic oxidation sites excluding steroid dienone is 1. The number of rotatable bonds is 7. The maximum absolute atomic E-state index is 13.0. The van der Waals surface area contributed by atoms with Gasteiger partial charge in [-0.05, 0) is 17.2 Å². The number of hydrogen-bond acceptors (Lipinski definition) is 5. The molecule has 0 radical (unpaired) electrons. The van der Waals surface area contributed by atoms with Crippen molar-refractivity contribution < 1.29 is 19.3 Å². The van der Waals surface area contributed by atoms with Crippen LogP contribution in [0.1, 0.15) is 7.12 Å². The van der Waals surface area contributed by atoms with Crippen LogP contribution in [0.3, 0.4) is 0 Å². The number of pyridine rings is 2. The molecule has 0 amide bonds. The zero-order valence-corrected chi connectivity index (χ0v) is 20.0. The molecule has 8 nitrogen and oxygen atoms in total. The predicted molar refractivity (Wildman–Crippen MR) is 139 cm³/mol. The monoisotopic (exact) mass is 513 g/mol. The second-order valence-electron chi connectivity index (χ2n) is 8.27. The van der Waals surface area contributed by atoms with Gasteiger partial charge in [-0.25, -0.2) is 0 Å². The number of aryl methyl sites for hydroxylation is 1. The average molecular weight is 514 g/mol. The molecule has 4 rings (SSSR count). The summed E-state index contributed by atoms with van der Waals surface area (Å²) in [5.74, 6) is 0. The summed E-state index contributed by atoms with van der Waals surface area (Å²) in [5.41, 5.74) is 7.82. The van der Waals surface area contributed by atoms with Gasteiger partial charge in [0.05, 0.1) is 6.61 Å². The van der Waals surface area contributed by atoms with Crippen molar-refractivity contribution in [3.63, 3.8) is 0 Å². The highest BCUT2D eigenvalue weighted by Crippen LogP contribution is 2.35. The fourth-order valence-electron chi connectivity index (χ4n) is 4.06. The molecular weight excluding hydrogens is 487 g/mol. The first-order valence-corrected chi connectivity index (χ1v) is 11.2. The number of aromatic amines is 1. The van der Waals surface area contributed by atoms with E-state index in [1.807, 2.05) is 30.3 Å². The van der Waals surface area contributed by atoms with Gasteiger partial charge in [0, 0.05) is 80.8 Å². The molecule has 0 atom stereocenters. The molecule has 37 heavy (non-hydrogen) atoms. The van der Waals surface area contributed by atoms with E-state index >= 15 is 0 Å². The van der Waals surface area contributed by atoms with Crippen LogP contribution in [0.4, 0.5) is 13.2 Å². The molecule has 0 saturated heterocycles. The van der Waals surface area contributed by atoms with E-state index in [1.165, 1.54) is 16.7 Å². The van der Waals surface area contributed by atoms with Gasteiger partial charge in [0.1, 0.15) is 5.52 Å². The normalized spacial score (nSPS) is 12.6. The number of nitrogens with two attached hydrogens (primary N) is 1. The summed E-state index contributed by atoms with van der Waals surface area (Å²) in [4.78, 5) is 31.4. The molecule has 0 aliphatic carbocycles. The summed E-state index contributed by atoms with van der Waals surface area (Å²) in [7, 11) is 3.10. The molecule has 0 spiro atoms. The summed E-state index contributed by atoms with van der Waals surface area (Å²) >= 11 is 0. The van der Waals surface area contributed by atoms with E-state index < -0.39 is 11.9 Å². The summed E-state index contributed by atoms with van der Waals surface area (Å²) < 4.78 is 46.0. The number of aromatic nitrogens is 3. The third-order valence-corrected chi connectivity index (χ3v) is 5.84. The summed E-state index contributed by atoms with van der Waals surface area (Å²) in [6, 6.07) is 12.4. The van der Waals surface area contributed by atoms with Crippen molar-refractivity contribution in [2.45, 2.75) is 12.8 Å². The summed E-state index contributed by atoms with van der Waals surface area (Å²) in [6.07, 6.45) is 0.104. The molecule has 0 saturated carbocycles. The van der Waals surface area contributed by atoms with Gasteiger partial charge < -0.3 is 24.6 Å². The smallest absolute Gasteiger partial charge is 0.404 e. The fourth-order valence-corrected chi connectivity index (χ4v) is 4.06. The van der Waals surface area contributed by atoms with Crippen LogP contribution < -0.4 is 16.9 Å². The molecule has 194 valence electrons. The zero-order chi connectivity index (χ0) is 26.7. The molecule has 0 bridgehead atoms. The number of alkyl halides is 3. The van der Waals surface area contributed by atoms with Crippen molar-refractivity contribution in [1.82, 2.24) is 14.1 Å². The molecule has 4 aromatic rings. The van der Waals surface area contributed by atoms with Crippen molar-refractivity contribution in [3.8, 4) is 22.3 Å². The van der Waals surface area contributed by atoms with Crippen molar-refractivity contribution in [2.24, 2.45) is 17.8 Å². The van der Waals surface area contributed by atoms with E-state index in [0.717, 1.165) is 17.3 Å². The lowest BCUT2D eigenvalue weighted by molar-refractivity contribution is -0.118.